The number of nitrogens with two attached hydrogens (primary N) is 1. The Labute approximate surface area is 113 Å². The van der Waals surface area contributed by atoms with Crippen LogP contribution in [-0.2, 0) is 16.6 Å². The summed E-state index contributed by atoms with van der Waals surface area (Å²) in [6.45, 7) is 4.68. The van der Waals surface area contributed by atoms with Crippen molar-refractivity contribution >= 4 is 21.4 Å². The fraction of sp³-hybridized carbons (Fsp3) is 0.636. The molecule has 1 atom stereocenters. The number of aryl methyl sites for hydroxylation is 1. The van der Waals surface area contributed by atoms with Crippen LogP contribution in [0.15, 0.2) is 11.0 Å². The second-order valence-corrected chi connectivity index (χ2v) is 7.65. The third kappa shape index (κ3) is 4.03. The first kappa shape index (κ1) is 15.6. The predicted molar refractivity (Wildman–Crippen MR) is 75.3 cm³/mol. The van der Waals surface area contributed by atoms with Crippen molar-refractivity contribution in [2.45, 2.75) is 31.3 Å². The molecule has 18 heavy (non-hydrogen) atoms. The minimum Gasteiger partial charge on any atom is -0.326 e. The molecular formula is C11H21N3O2S2. The summed E-state index contributed by atoms with van der Waals surface area (Å²) in [5.74, 6) is 0. The Morgan fingerprint density at radius 2 is 2.11 bits per heavy atom. The molecule has 0 amide bonds. The van der Waals surface area contributed by atoms with E-state index < -0.39 is 10.0 Å². The van der Waals surface area contributed by atoms with Crippen LogP contribution in [0.2, 0.25) is 0 Å². The predicted octanol–water partition coefficient (Wildman–Crippen LogP) is 0.744. The highest BCUT2D eigenvalue weighted by atomic mass is 32.2. The SMILES string of the molecule is Cc1sc(CN)cc1S(=O)(=O)NC(C)CN(C)C. The van der Waals surface area contributed by atoms with Gasteiger partial charge in [-0.2, -0.15) is 0 Å². The van der Waals surface area contributed by atoms with E-state index in [2.05, 4.69) is 4.72 Å². The van der Waals surface area contributed by atoms with E-state index in [0.29, 0.717) is 18.0 Å². The van der Waals surface area contributed by atoms with Crippen molar-refractivity contribution in [3.8, 4) is 0 Å². The highest BCUT2D eigenvalue weighted by molar-refractivity contribution is 7.89. The van der Waals surface area contributed by atoms with Crippen LogP contribution in [-0.4, -0.2) is 40.0 Å². The summed E-state index contributed by atoms with van der Waals surface area (Å²) in [4.78, 5) is 3.95. The minimum atomic E-state index is -3.45. The number of thiophene rings is 1. The molecule has 0 aliphatic carbocycles. The standard InChI is InChI=1S/C11H21N3O2S2/c1-8(7-14(3)4)13-18(15,16)11-5-10(6-12)17-9(11)2/h5,8,13H,6-7,12H2,1-4H3. The van der Waals surface area contributed by atoms with E-state index in [-0.39, 0.29) is 6.04 Å². The zero-order valence-electron chi connectivity index (χ0n) is 11.2. The summed E-state index contributed by atoms with van der Waals surface area (Å²) in [7, 11) is 0.373. The number of likely N-dealkylation sites (N-methyl/N-ethyl adjacent to an activating group) is 1. The molecule has 1 rings (SSSR count). The molecule has 1 aromatic heterocycles. The fourth-order valence-corrected chi connectivity index (χ4v) is 4.55. The van der Waals surface area contributed by atoms with E-state index in [4.69, 9.17) is 5.73 Å². The van der Waals surface area contributed by atoms with Crippen molar-refractivity contribution in [3.05, 3.63) is 15.8 Å². The van der Waals surface area contributed by atoms with Crippen molar-refractivity contribution in [2.75, 3.05) is 20.6 Å². The first-order valence-electron chi connectivity index (χ1n) is 5.72. The molecule has 0 bridgehead atoms. The van der Waals surface area contributed by atoms with Gasteiger partial charge in [0.25, 0.3) is 0 Å². The summed E-state index contributed by atoms with van der Waals surface area (Å²) in [5, 5.41) is 0. The maximum atomic E-state index is 12.2. The van der Waals surface area contributed by atoms with Gasteiger partial charge < -0.3 is 10.6 Å². The third-order valence-electron chi connectivity index (χ3n) is 2.41. The number of hydrogen-bond donors (Lipinski definition) is 2. The molecule has 0 saturated heterocycles. The fourth-order valence-electron chi connectivity index (χ4n) is 1.80. The van der Waals surface area contributed by atoms with Crippen molar-refractivity contribution in [2.24, 2.45) is 5.73 Å². The van der Waals surface area contributed by atoms with Crippen LogP contribution in [0.4, 0.5) is 0 Å². The molecular weight excluding hydrogens is 270 g/mol. The van der Waals surface area contributed by atoms with Gasteiger partial charge in [-0.05, 0) is 34.0 Å². The smallest absolute Gasteiger partial charge is 0.241 e. The Morgan fingerprint density at radius 1 is 1.50 bits per heavy atom. The lowest BCUT2D eigenvalue weighted by Gasteiger charge is -2.18. The highest BCUT2D eigenvalue weighted by Crippen LogP contribution is 2.25. The molecule has 7 heteroatoms. The van der Waals surface area contributed by atoms with Crippen molar-refractivity contribution in [3.63, 3.8) is 0 Å². The number of rotatable bonds is 6. The average molecular weight is 291 g/mol. The van der Waals surface area contributed by atoms with E-state index >= 15 is 0 Å². The van der Waals surface area contributed by atoms with Gasteiger partial charge in [-0.25, -0.2) is 13.1 Å². The average Bonchev–Trinajstić information content (AvgIpc) is 2.58. The van der Waals surface area contributed by atoms with Gasteiger partial charge in [-0.15, -0.1) is 11.3 Å². The van der Waals surface area contributed by atoms with E-state index in [0.717, 1.165) is 9.75 Å². The van der Waals surface area contributed by atoms with Crippen LogP contribution < -0.4 is 10.5 Å². The van der Waals surface area contributed by atoms with Gasteiger partial charge in [0.05, 0.1) is 4.90 Å². The Kier molecular flexibility index (Phi) is 5.30. The maximum absolute atomic E-state index is 12.2. The third-order valence-corrected chi connectivity index (χ3v) is 5.33. The highest BCUT2D eigenvalue weighted by Gasteiger charge is 2.21. The molecule has 0 fully saturated rings. The van der Waals surface area contributed by atoms with E-state index in [1.165, 1.54) is 11.3 Å². The van der Waals surface area contributed by atoms with E-state index in [1.807, 2.05) is 25.9 Å². The zero-order valence-corrected chi connectivity index (χ0v) is 12.9. The first-order valence-corrected chi connectivity index (χ1v) is 8.02. The Balaban J connectivity index is 2.89. The molecule has 3 N–H and O–H groups in total. The summed E-state index contributed by atoms with van der Waals surface area (Å²) in [6.07, 6.45) is 0. The molecule has 0 aliphatic rings. The summed E-state index contributed by atoms with van der Waals surface area (Å²) < 4.78 is 27.1. The molecule has 0 aliphatic heterocycles. The van der Waals surface area contributed by atoms with Crippen LogP contribution in [0.1, 0.15) is 16.7 Å². The van der Waals surface area contributed by atoms with Gasteiger partial charge in [0, 0.05) is 28.9 Å². The van der Waals surface area contributed by atoms with Crippen LogP contribution in [0, 0.1) is 6.92 Å². The van der Waals surface area contributed by atoms with E-state index in [1.54, 1.807) is 13.0 Å². The molecule has 5 nitrogen and oxygen atoms in total. The Morgan fingerprint density at radius 3 is 2.56 bits per heavy atom. The van der Waals surface area contributed by atoms with Gasteiger partial charge in [-0.1, -0.05) is 0 Å². The van der Waals surface area contributed by atoms with Crippen molar-refractivity contribution < 1.29 is 8.42 Å². The minimum absolute atomic E-state index is 0.134. The number of sulfonamides is 1. The molecule has 1 aromatic rings. The maximum Gasteiger partial charge on any atom is 0.241 e. The number of hydrogen-bond acceptors (Lipinski definition) is 5. The normalized spacial score (nSPS) is 14.1. The lowest BCUT2D eigenvalue weighted by molar-refractivity contribution is 0.370. The van der Waals surface area contributed by atoms with Crippen LogP contribution >= 0.6 is 11.3 Å². The number of nitrogens with zero attached hydrogens (tertiary/aromatic N) is 1. The van der Waals surface area contributed by atoms with Crippen molar-refractivity contribution in [1.82, 2.24) is 9.62 Å². The second kappa shape index (κ2) is 6.12. The molecule has 0 saturated carbocycles. The lowest BCUT2D eigenvalue weighted by atomic mass is 10.3. The van der Waals surface area contributed by atoms with Gasteiger partial charge in [0.2, 0.25) is 10.0 Å². The van der Waals surface area contributed by atoms with Crippen LogP contribution in [0.5, 0.6) is 0 Å². The second-order valence-electron chi connectivity index (χ2n) is 4.62. The first-order chi connectivity index (χ1) is 8.26. The molecule has 1 unspecified atom stereocenters. The van der Waals surface area contributed by atoms with Gasteiger partial charge in [0.1, 0.15) is 0 Å². The molecule has 0 spiro atoms. The molecule has 104 valence electrons. The Bertz CT molecular complexity index is 494. The molecule has 1 heterocycles. The van der Waals surface area contributed by atoms with Gasteiger partial charge in [0.15, 0.2) is 0 Å². The topological polar surface area (TPSA) is 75.4 Å². The quantitative estimate of drug-likeness (QED) is 0.811. The van der Waals surface area contributed by atoms with Crippen LogP contribution in [0.3, 0.4) is 0 Å². The summed E-state index contributed by atoms with van der Waals surface area (Å²) >= 11 is 1.43. The lowest BCUT2D eigenvalue weighted by Crippen LogP contribution is -2.39. The van der Waals surface area contributed by atoms with Gasteiger partial charge in [-0.3, -0.25) is 0 Å². The monoisotopic (exact) mass is 291 g/mol. The molecule has 0 radical (unpaired) electrons. The van der Waals surface area contributed by atoms with Crippen molar-refractivity contribution in [1.29, 1.82) is 0 Å². The van der Waals surface area contributed by atoms with E-state index in [9.17, 15) is 8.42 Å². The zero-order chi connectivity index (χ0) is 13.9. The summed E-state index contributed by atoms with van der Waals surface area (Å²) in [6, 6.07) is 1.52. The summed E-state index contributed by atoms with van der Waals surface area (Å²) in [5.41, 5.74) is 5.53. The van der Waals surface area contributed by atoms with Gasteiger partial charge >= 0.3 is 0 Å². The van der Waals surface area contributed by atoms with Crippen LogP contribution in [0.25, 0.3) is 0 Å². The Hall–Kier alpha value is -0.470. The number of nitrogens with one attached hydrogen (secondary N) is 1. The largest absolute Gasteiger partial charge is 0.326 e. The molecule has 0 aromatic carbocycles.